The summed E-state index contributed by atoms with van der Waals surface area (Å²) in [5.74, 6) is -0.406. The van der Waals surface area contributed by atoms with Crippen LogP contribution < -0.4 is 5.32 Å². The zero-order chi connectivity index (χ0) is 17.5. The Hall–Kier alpha value is -2.76. The van der Waals surface area contributed by atoms with Crippen LogP contribution in [0.2, 0.25) is 0 Å². The summed E-state index contributed by atoms with van der Waals surface area (Å²) >= 11 is 0. The van der Waals surface area contributed by atoms with Gasteiger partial charge in [0, 0.05) is 12.6 Å². The Bertz CT molecular complexity index is 712. The number of aromatic nitrogens is 2. The molecule has 126 valence electrons. The van der Waals surface area contributed by atoms with Crippen LogP contribution in [0.15, 0.2) is 36.7 Å². The minimum Gasteiger partial charge on any atom is -0.455 e. The molecule has 0 unspecified atom stereocenters. The van der Waals surface area contributed by atoms with Crippen molar-refractivity contribution >= 4 is 17.6 Å². The predicted octanol–water partition coefficient (Wildman–Crippen LogP) is 3.13. The van der Waals surface area contributed by atoms with Crippen molar-refractivity contribution in [3.63, 3.8) is 0 Å². The topological polar surface area (TPSA) is 81.2 Å². The highest BCUT2D eigenvalue weighted by Crippen LogP contribution is 2.17. The number of anilines is 1. The number of hydrogen-bond acceptors (Lipinski definition) is 5. The number of nitrogens with one attached hydrogen (secondary N) is 1. The third-order valence-electron chi connectivity index (χ3n) is 3.20. The molecule has 6 heteroatoms. The molecule has 0 atom stereocenters. The van der Waals surface area contributed by atoms with Crippen molar-refractivity contribution in [1.29, 1.82) is 0 Å². The lowest BCUT2D eigenvalue weighted by molar-refractivity contribution is -0.116. The van der Waals surface area contributed by atoms with E-state index in [-0.39, 0.29) is 18.4 Å². The van der Waals surface area contributed by atoms with E-state index in [1.165, 1.54) is 0 Å². The van der Waals surface area contributed by atoms with Gasteiger partial charge in [-0.05, 0) is 25.0 Å². The van der Waals surface area contributed by atoms with Gasteiger partial charge in [-0.1, -0.05) is 26.0 Å². The summed E-state index contributed by atoms with van der Waals surface area (Å²) in [7, 11) is 0. The maximum absolute atomic E-state index is 12.3. The number of benzene rings is 1. The molecule has 1 amide bonds. The SMILES string of the molecule is Cc1cnc(COC(=O)c2ccccc2NC(=O)CC(C)C)cn1. The smallest absolute Gasteiger partial charge is 0.340 e. The van der Waals surface area contributed by atoms with Crippen molar-refractivity contribution in [3.8, 4) is 0 Å². The highest BCUT2D eigenvalue weighted by molar-refractivity contribution is 6.01. The van der Waals surface area contributed by atoms with Crippen LogP contribution in [0.5, 0.6) is 0 Å². The average molecular weight is 327 g/mol. The molecular weight excluding hydrogens is 306 g/mol. The fourth-order valence-corrected chi connectivity index (χ4v) is 2.05. The van der Waals surface area contributed by atoms with Crippen LogP contribution in [0, 0.1) is 12.8 Å². The monoisotopic (exact) mass is 327 g/mol. The Balaban J connectivity index is 2.03. The number of carbonyl (C=O) groups excluding carboxylic acids is 2. The lowest BCUT2D eigenvalue weighted by Crippen LogP contribution is -2.17. The van der Waals surface area contributed by atoms with Crippen LogP contribution in [0.1, 0.15) is 42.0 Å². The van der Waals surface area contributed by atoms with Gasteiger partial charge >= 0.3 is 5.97 Å². The van der Waals surface area contributed by atoms with Gasteiger partial charge in [-0.2, -0.15) is 0 Å². The second-order valence-electron chi connectivity index (χ2n) is 5.92. The molecule has 0 saturated carbocycles. The van der Waals surface area contributed by atoms with Crippen molar-refractivity contribution < 1.29 is 14.3 Å². The van der Waals surface area contributed by atoms with Crippen LogP contribution in [0.4, 0.5) is 5.69 Å². The molecule has 2 aromatic rings. The maximum Gasteiger partial charge on any atom is 0.340 e. The molecule has 0 aliphatic heterocycles. The first kappa shape index (κ1) is 17.6. The average Bonchev–Trinajstić information content (AvgIpc) is 2.53. The number of hydrogen-bond donors (Lipinski definition) is 1. The lowest BCUT2D eigenvalue weighted by Gasteiger charge is -2.11. The summed E-state index contributed by atoms with van der Waals surface area (Å²) in [5, 5.41) is 2.76. The quantitative estimate of drug-likeness (QED) is 0.824. The van der Waals surface area contributed by atoms with E-state index in [2.05, 4.69) is 15.3 Å². The molecule has 0 bridgehead atoms. The zero-order valence-electron chi connectivity index (χ0n) is 14.1. The van der Waals surface area contributed by atoms with E-state index in [4.69, 9.17) is 4.74 Å². The Morgan fingerprint density at radius 3 is 2.58 bits per heavy atom. The van der Waals surface area contributed by atoms with Gasteiger partial charge in [-0.15, -0.1) is 0 Å². The van der Waals surface area contributed by atoms with Gasteiger partial charge in [0.25, 0.3) is 0 Å². The molecule has 6 nitrogen and oxygen atoms in total. The second-order valence-corrected chi connectivity index (χ2v) is 5.92. The van der Waals surface area contributed by atoms with E-state index in [1.807, 2.05) is 20.8 Å². The van der Waals surface area contributed by atoms with Gasteiger partial charge in [-0.3, -0.25) is 14.8 Å². The van der Waals surface area contributed by atoms with E-state index in [0.717, 1.165) is 5.69 Å². The van der Waals surface area contributed by atoms with E-state index in [0.29, 0.717) is 23.4 Å². The first-order valence-corrected chi connectivity index (χ1v) is 7.79. The minimum atomic E-state index is -0.516. The standard InChI is InChI=1S/C18H21N3O3/c1-12(2)8-17(22)21-16-7-5-4-6-15(16)18(23)24-11-14-10-19-13(3)9-20-14/h4-7,9-10,12H,8,11H2,1-3H3,(H,21,22). The van der Waals surface area contributed by atoms with Crippen LogP contribution in [-0.4, -0.2) is 21.8 Å². The summed E-state index contributed by atoms with van der Waals surface area (Å²) in [5.41, 5.74) is 2.12. The van der Waals surface area contributed by atoms with Crippen LogP contribution in [0.3, 0.4) is 0 Å². The molecule has 2 rings (SSSR count). The Labute approximate surface area is 141 Å². The fourth-order valence-electron chi connectivity index (χ4n) is 2.05. The summed E-state index contributed by atoms with van der Waals surface area (Å²) < 4.78 is 5.26. The summed E-state index contributed by atoms with van der Waals surface area (Å²) in [6.45, 7) is 5.78. The van der Waals surface area contributed by atoms with Crippen LogP contribution >= 0.6 is 0 Å². The number of nitrogens with zero attached hydrogens (tertiary/aromatic N) is 2. The maximum atomic E-state index is 12.3. The van der Waals surface area contributed by atoms with Crippen LogP contribution in [0.25, 0.3) is 0 Å². The second kappa shape index (κ2) is 8.19. The first-order chi connectivity index (χ1) is 11.5. The Morgan fingerprint density at radius 1 is 1.17 bits per heavy atom. The number of para-hydroxylation sites is 1. The molecular formula is C18H21N3O3. The van der Waals surface area contributed by atoms with Gasteiger partial charge in [0.1, 0.15) is 6.61 Å². The van der Waals surface area contributed by atoms with E-state index >= 15 is 0 Å². The molecule has 0 saturated heterocycles. The summed E-state index contributed by atoms with van der Waals surface area (Å²) in [6.07, 6.45) is 3.57. The van der Waals surface area contributed by atoms with Gasteiger partial charge in [-0.25, -0.2) is 4.79 Å². The number of aryl methyl sites for hydroxylation is 1. The van der Waals surface area contributed by atoms with Crippen molar-refractivity contribution in [2.45, 2.75) is 33.8 Å². The molecule has 1 aromatic carbocycles. The Kier molecular flexibility index (Phi) is 6.01. The van der Waals surface area contributed by atoms with Crippen LogP contribution in [-0.2, 0) is 16.1 Å². The molecule has 0 radical (unpaired) electrons. The first-order valence-electron chi connectivity index (χ1n) is 7.79. The minimum absolute atomic E-state index is 0.0282. The van der Waals surface area contributed by atoms with Crippen molar-refractivity contribution in [3.05, 3.63) is 53.6 Å². The highest BCUT2D eigenvalue weighted by atomic mass is 16.5. The molecule has 0 spiro atoms. The van der Waals surface area contributed by atoms with Crippen molar-refractivity contribution in [2.24, 2.45) is 5.92 Å². The molecule has 0 aliphatic rings. The molecule has 1 heterocycles. The largest absolute Gasteiger partial charge is 0.455 e. The summed E-state index contributed by atoms with van der Waals surface area (Å²) in [4.78, 5) is 32.5. The van der Waals surface area contributed by atoms with E-state index < -0.39 is 5.97 Å². The van der Waals surface area contributed by atoms with Gasteiger partial charge in [0.05, 0.1) is 28.8 Å². The highest BCUT2D eigenvalue weighted by Gasteiger charge is 2.15. The van der Waals surface area contributed by atoms with Crippen molar-refractivity contribution in [2.75, 3.05) is 5.32 Å². The van der Waals surface area contributed by atoms with E-state index in [9.17, 15) is 9.59 Å². The number of amides is 1. The summed E-state index contributed by atoms with van der Waals surface area (Å²) in [6, 6.07) is 6.78. The van der Waals surface area contributed by atoms with Gasteiger partial charge < -0.3 is 10.1 Å². The Morgan fingerprint density at radius 2 is 1.92 bits per heavy atom. The third-order valence-corrected chi connectivity index (χ3v) is 3.20. The fraction of sp³-hybridized carbons (Fsp3) is 0.333. The molecule has 1 aromatic heterocycles. The molecule has 0 fully saturated rings. The van der Waals surface area contributed by atoms with Crippen molar-refractivity contribution in [1.82, 2.24) is 9.97 Å². The number of ether oxygens (including phenoxy) is 1. The normalized spacial score (nSPS) is 10.5. The number of esters is 1. The molecule has 24 heavy (non-hydrogen) atoms. The third kappa shape index (κ3) is 5.15. The predicted molar refractivity (Wildman–Crippen MR) is 90.4 cm³/mol. The zero-order valence-corrected chi connectivity index (χ0v) is 14.1. The van der Waals surface area contributed by atoms with Gasteiger partial charge in [0.2, 0.25) is 5.91 Å². The number of rotatable bonds is 6. The van der Waals surface area contributed by atoms with Gasteiger partial charge in [0.15, 0.2) is 0 Å². The number of carbonyl (C=O) groups is 2. The molecule has 0 aliphatic carbocycles. The lowest BCUT2D eigenvalue weighted by atomic mass is 10.1. The molecule has 1 N–H and O–H groups in total. The van der Waals surface area contributed by atoms with E-state index in [1.54, 1.807) is 36.7 Å².